The van der Waals surface area contributed by atoms with E-state index in [0.717, 1.165) is 13.1 Å². The largest absolute Gasteiger partial charge is 0.487 e. The Hall–Kier alpha value is -4.19. The number of amides is 1. The number of carbonyl (C=O) groups is 1. The molecule has 1 saturated heterocycles. The molecule has 2 aliphatic heterocycles. The average Bonchev–Trinajstić information content (AvgIpc) is 2.86. The van der Waals surface area contributed by atoms with Gasteiger partial charge in [0, 0.05) is 44.5 Å². The SMILES string of the molecule is CC1COc2c(N3CCN(C)CC3)c(F)cc3c(=O)c(C(=O)NNc4cccc([N+](=O)[O-])c4)cn1c23. The summed E-state index contributed by atoms with van der Waals surface area (Å²) < 4.78 is 23.2. The Kier molecular flexibility index (Phi) is 5.96. The van der Waals surface area contributed by atoms with E-state index in [2.05, 4.69) is 15.8 Å². The molecule has 2 aromatic carbocycles. The maximum Gasteiger partial charge on any atom is 0.275 e. The van der Waals surface area contributed by atoms with Crippen LogP contribution in [0.4, 0.5) is 21.5 Å². The highest BCUT2D eigenvalue weighted by atomic mass is 19.1. The maximum atomic E-state index is 15.4. The van der Waals surface area contributed by atoms with Crippen LogP contribution in [0.3, 0.4) is 0 Å². The number of ether oxygens (including phenoxy) is 1. The first-order valence-electron chi connectivity index (χ1n) is 11.5. The smallest absolute Gasteiger partial charge is 0.275 e. The molecule has 1 aromatic heterocycles. The number of hydrazine groups is 1. The summed E-state index contributed by atoms with van der Waals surface area (Å²) in [5.74, 6) is -1.01. The highest BCUT2D eigenvalue weighted by Gasteiger charge is 2.31. The second-order valence-electron chi connectivity index (χ2n) is 9.05. The Morgan fingerprint density at radius 3 is 2.69 bits per heavy atom. The molecule has 1 amide bonds. The molecule has 11 nitrogen and oxygen atoms in total. The number of hydrogen-bond acceptors (Lipinski definition) is 8. The van der Waals surface area contributed by atoms with Crippen LogP contribution in [-0.4, -0.2) is 60.1 Å². The van der Waals surface area contributed by atoms with Crippen molar-refractivity contribution in [2.24, 2.45) is 0 Å². The van der Waals surface area contributed by atoms with Gasteiger partial charge in [-0.1, -0.05) is 6.07 Å². The third-order valence-electron chi connectivity index (χ3n) is 6.58. The van der Waals surface area contributed by atoms with Crippen LogP contribution in [0.25, 0.3) is 10.9 Å². The van der Waals surface area contributed by atoms with Gasteiger partial charge in [0.15, 0.2) is 11.6 Å². The normalized spacial score (nSPS) is 17.5. The number of nitro groups is 1. The zero-order chi connectivity index (χ0) is 25.6. The molecule has 0 saturated carbocycles. The standard InChI is InChI=1S/C24H25FN6O5/c1-14-13-36-23-20-17(11-19(25)21(23)29-8-6-28(2)7-9-29)22(32)18(12-30(14)20)24(33)27-26-15-4-3-5-16(10-15)31(34)35/h3-5,10-12,14,26H,6-9,13H2,1-2H3,(H,27,33). The number of rotatable bonds is 5. The number of likely N-dealkylation sites (N-methyl/N-ethyl adjacent to an activating group) is 1. The van der Waals surface area contributed by atoms with E-state index in [4.69, 9.17) is 4.74 Å². The van der Waals surface area contributed by atoms with Gasteiger partial charge in [-0.3, -0.25) is 30.6 Å². The van der Waals surface area contributed by atoms with E-state index in [1.54, 1.807) is 4.57 Å². The number of nitrogens with zero attached hydrogens (tertiary/aromatic N) is 4. The monoisotopic (exact) mass is 496 g/mol. The van der Waals surface area contributed by atoms with Gasteiger partial charge >= 0.3 is 0 Å². The fourth-order valence-electron chi connectivity index (χ4n) is 4.59. The number of piperazine rings is 1. The minimum atomic E-state index is -0.749. The third kappa shape index (κ3) is 4.09. The van der Waals surface area contributed by atoms with E-state index >= 15 is 4.39 Å². The number of nitro benzene ring substituents is 1. The Labute approximate surface area is 205 Å². The molecule has 12 heteroatoms. The lowest BCUT2D eigenvalue weighted by atomic mass is 10.0. The van der Waals surface area contributed by atoms with E-state index in [1.807, 2.05) is 18.9 Å². The molecule has 3 heterocycles. The van der Waals surface area contributed by atoms with Gasteiger partial charge in [-0.2, -0.15) is 0 Å². The molecule has 36 heavy (non-hydrogen) atoms. The minimum Gasteiger partial charge on any atom is -0.487 e. The summed E-state index contributed by atoms with van der Waals surface area (Å²) in [7, 11) is 2.01. The summed E-state index contributed by atoms with van der Waals surface area (Å²) in [6.45, 7) is 4.93. The van der Waals surface area contributed by atoms with Gasteiger partial charge in [-0.25, -0.2) is 4.39 Å². The summed E-state index contributed by atoms with van der Waals surface area (Å²) in [6, 6.07) is 6.54. The van der Waals surface area contributed by atoms with E-state index in [9.17, 15) is 19.7 Å². The number of nitrogens with one attached hydrogen (secondary N) is 2. The van der Waals surface area contributed by atoms with Crippen LogP contribution >= 0.6 is 0 Å². The molecule has 2 aliphatic rings. The topological polar surface area (TPSA) is 122 Å². The summed E-state index contributed by atoms with van der Waals surface area (Å²) in [5, 5.41) is 11.0. The fourth-order valence-corrected chi connectivity index (χ4v) is 4.59. The molecule has 2 N–H and O–H groups in total. The van der Waals surface area contributed by atoms with Crippen molar-refractivity contribution in [2.45, 2.75) is 13.0 Å². The Morgan fingerprint density at radius 2 is 1.97 bits per heavy atom. The molecule has 188 valence electrons. The lowest BCUT2D eigenvalue weighted by Gasteiger charge is -2.37. The average molecular weight is 496 g/mol. The second kappa shape index (κ2) is 9.11. The van der Waals surface area contributed by atoms with Crippen molar-refractivity contribution >= 4 is 33.9 Å². The Balaban J connectivity index is 1.53. The van der Waals surface area contributed by atoms with Gasteiger partial charge in [0.25, 0.3) is 11.6 Å². The molecule has 0 bridgehead atoms. The minimum absolute atomic E-state index is 0.0509. The quantitative estimate of drug-likeness (QED) is 0.408. The van der Waals surface area contributed by atoms with Crippen molar-refractivity contribution in [2.75, 3.05) is 50.2 Å². The van der Waals surface area contributed by atoms with E-state index in [0.29, 0.717) is 30.0 Å². The predicted molar refractivity (Wildman–Crippen MR) is 132 cm³/mol. The Bertz CT molecular complexity index is 1430. The highest BCUT2D eigenvalue weighted by molar-refractivity contribution is 6.00. The van der Waals surface area contributed by atoms with E-state index in [1.165, 1.54) is 36.5 Å². The lowest BCUT2D eigenvalue weighted by molar-refractivity contribution is -0.384. The summed E-state index contributed by atoms with van der Waals surface area (Å²) in [6.07, 6.45) is 1.46. The molecule has 0 spiro atoms. The van der Waals surface area contributed by atoms with Gasteiger partial charge in [0.1, 0.15) is 17.9 Å². The number of halogens is 1. The van der Waals surface area contributed by atoms with Crippen LogP contribution in [-0.2, 0) is 0 Å². The number of aromatic nitrogens is 1. The summed E-state index contributed by atoms with van der Waals surface area (Å²) >= 11 is 0. The number of benzene rings is 2. The molecular weight excluding hydrogens is 471 g/mol. The van der Waals surface area contributed by atoms with Crippen LogP contribution < -0.4 is 25.9 Å². The van der Waals surface area contributed by atoms with Crippen molar-refractivity contribution < 1.29 is 18.8 Å². The molecular formula is C24H25FN6O5. The first-order valence-corrected chi connectivity index (χ1v) is 11.5. The second-order valence-corrected chi connectivity index (χ2v) is 9.05. The van der Waals surface area contributed by atoms with E-state index < -0.39 is 22.1 Å². The van der Waals surface area contributed by atoms with Gasteiger partial charge in [-0.15, -0.1) is 0 Å². The Morgan fingerprint density at radius 1 is 1.22 bits per heavy atom. The number of hydrogen-bond donors (Lipinski definition) is 2. The number of non-ortho nitro benzene ring substituents is 1. The van der Waals surface area contributed by atoms with Crippen molar-refractivity contribution in [3.8, 4) is 5.75 Å². The third-order valence-corrected chi connectivity index (χ3v) is 6.58. The lowest BCUT2D eigenvalue weighted by Crippen LogP contribution is -2.45. The van der Waals surface area contributed by atoms with Gasteiger partial charge in [0.05, 0.1) is 27.6 Å². The molecule has 1 atom stereocenters. The predicted octanol–water partition coefficient (Wildman–Crippen LogP) is 2.51. The van der Waals surface area contributed by atoms with Gasteiger partial charge in [-0.05, 0) is 26.1 Å². The fraction of sp³-hybridized carbons (Fsp3) is 0.333. The van der Waals surface area contributed by atoms with Crippen molar-refractivity contribution in [3.63, 3.8) is 0 Å². The number of anilines is 2. The summed E-state index contributed by atoms with van der Waals surface area (Å²) in [5.41, 5.74) is 5.08. The molecule has 1 unspecified atom stereocenters. The van der Waals surface area contributed by atoms with Crippen molar-refractivity contribution in [1.82, 2.24) is 14.9 Å². The van der Waals surface area contributed by atoms with Gasteiger partial charge in [0.2, 0.25) is 5.43 Å². The highest BCUT2D eigenvalue weighted by Crippen LogP contribution is 2.42. The van der Waals surface area contributed by atoms with Crippen LogP contribution in [0, 0.1) is 15.9 Å². The molecule has 0 radical (unpaired) electrons. The van der Waals surface area contributed by atoms with E-state index in [-0.39, 0.29) is 35.0 Å². The molecule has 5 rings (SSSR count). The zero-order valence-corrected chi connectivity index (χ0v) is 19.8. The van der Waals surface area contributed by atoms with Crippen LogP contribution in [0.1, 0.15) is 23.3 Å². The molecule has 0 aliphatic carbocycles. The molecule has 1 fully saturated rings. The first-order chi connectivity index (χ1) is 17.2. The van der Waals surface area contributed by atoms with Crippen LogP contribution in [0.15, 0.2) is 41.3 Å². The van der Waals surface area contributed by atoms with Crippen LogP contribution in [0.5, 0.6) is 5.75 Å². The first kappa shape index (κ1) is 23.5. The number of carbonyl (C=O) groups excluding carboxylic acids is 1. The summed E-state index contributed by atoms with van der Waals surface area (Å²) in [4.78, 5) is 40.8. The van der Waals surface area contributed by atoms with Gasteiger partial charge < -0.3 is 19.1 Å². The zero-order valence-electron chi connectivity index (χ0n) is 19.8. The molecule has 3 aromatic rings. The van der Waals surface area contributed by atoms with Crippen molar-refractivity contribution in [3.05, 3.63) is 68.2 Å². The van der Waals surface area contributed by atoms with Crippen LogP contribution in [0.2, 0.25) is 0 Å². The maximum absolute atomic E-state index is 15.4. The number of pyridine rings is 1. The van der Waals surface area contributed by atoms with Crippen molar-refractivity contribution in [1.29, 1.82) is 0 Å².